The average molecular weight is 557 g/mol. The molecule has 0 aliphatic carbocycles. The van der Waals surface area contributed by atoms with E-state index in [9.17, 15) is 8.42 Å². The largest absolute Gasteiger partial charge is 0.298 e. The smallest absolute Gasteiger partial charge is 0.175 e. The van der Waals surface area contributed by atoms with Crippen molar-refractivity contribution in [3.8, 4) is 28.2 Å². The lowest BCUT2D eigenvalue weighted by Crippen LogP contribution is -2.15. The molecule has 1 aliphatic heterocycles. The number of rotatable bonds is 5. The number of thioether (sulfide) groups is 1. The Morgan fingerprint density at radius 3 is 2.36 bits per heavy atom. The van der Waals surface area contributed by atoms with E-state index >= 15 is 0 Å². The molecule has 5 rings (SSSR count). The minimum atomic E-state index is -3.32. The zero-order valence-corrected chi connectivity index (χ0v) is 23.0. The molecular formula is C27H23Cl2N3O2S2. The molecular weight excluding hydrogens is 533 g/mol. The van der Waals surface area contributed by atoms with E-state index in [0.29, 0.717) is 15.9 Å². The summed E-state index contributed by atoms with van der Waals surface area (Å²) in [5.41, 5.74) is 3.72. The number of halogens is 2. The quantitative estimate of drug-likeness (QED) is 0.261. The van der Waals surface area contributed by atoms with Gasteiger partial charge in [0.1, 0.15) is 16.6 Å². The van der Waals surface area contributed by atoms with Crippen molar-refractivity contribution >= 4 is 49.8 Å². The van der Waals surface area contributed by atoms with Crippen molar-refractivity contribution in [1.29, 1.82) is 0 Å². The molecule has 1 aliphatic rings. The van der Waals surface area contributed by atoms with E-state index < -0.39 is 9.84 Å². The Bertz CT molecular complexity index is 1630. The molecule has 5 nitrogen and oxygen atoms in total. The summed E-state index contributed by atoms with van der Waals surface area (Å²) >= 11 is 15.1. The maximum absolute atomic E-state index is 12.0. The van der Waals surface area contributed by atoms with Crippen LogP contribution in [0.3, 0.4) is 0 Å². The van der Waals surface area contributed by atoms with E-state index in [1.165, 1.54) is 6.26 Å². The Morgan fingerprint density at radius 1 is 0.944 bits per heavy atom. The minimum Gasteiger partial charge on any atom is -0.298 e. The van der Waals surface area contributed by atoms with Crippen molar-refractivity contribution in [2.45, 2.75) is 24.3 Å². The summed E-state index contributed by atoms with van der Waals surface area (Å²) in [6.07, 6.45) is 3.14. The molecule has 0 bridgehead atoms. The molecule has 0 radical (unpaired) electrons. The summed E-state index contributed by atoms with van der Waals surface area (Å²) in [5, 5.41) is 1.97. The molecule has 2 heterocycles. The first-order valence-electron chi connectivity index (χ1n) is 11.2. The van der Waals surface area contributed by atoms with Gasteiger partial charge in [0.2, 0.25) is 0 Å². The van der Waals surface area contributed by atoms with Crippen LogP contribution in [0.2, 0.25) is 10.0 Å². The molecule has 3 aromatic carbocycles. The van der Waals surface area contributed by atoms with E-state index in [1.54, 1.807) is 30.0 Å². The zero-order valence-electron chi connectivity index (χ0n) is 19.9. The van der Waals surface area contributed by atoms with Crippen LogP contribution in [-0.2, 0) is 9.84 Å². The lowest BCUT2D eigenvalue weighted by molar-refractivity contribution is 0.601. The van der Waals surface area contributed by atoms with E-state index in [2.05, 4.69) is 13.8 Å². The Hall–Kier alpha value is -2.58. The van der Waals surface area contributed by atoms with Crippen molar-refractivity contribution in [3.05, 3.63) is 88.7 Å². The van der Waals surface area contributed by atoms with Crippen LogP contribution in [0.15, 0.2) is 82.8 Å². The van der Waals surface area contributed by atoms with E-state index in [0.717, 1.165) is 38.9 Å². The maximum atomic E-state index is 12.0. The number of imidazole rings is 1. The first-order chi connectivity index (χ1) is 17.0. The normalized spacial score (nSPS) is 15.2. The molecule has 0 saturated heterocycles. The molecule has 0 unspecified atom stereocenters. The fourth-order valence-corrected chi connectivity index (χ4v) is 6.27. The second-order valence-corrected chi connectivity index (χ2v) is 13.1. The molecule has 36 heavy (non-hydrogen) atoms. The van der Waals surface area contributed by atoms with E-state index in [-0.39, 0.29) is 10.4 Å². The van der Waals surface area contributed by atoms with Gasteiger partial charge in [-0.2, -0.15) is 0 Å². The zero-order chi connectivity index (χ0) is 25.7. The third-order valence-corrected chi connectivity index (χ3v) is 8.98. The number of hydrogen-bond donors (Lipinski definition) is 0. The number of benzene rings is 3. The van der Waals surface area contributed by atoms with E-state index in [1.807, 2.05) is 59.3 Å². The lowest BCUT2D eigenvalue weighted by Gasteiger charge is -2.12. The molecule has 0 atom stereocenters. The molecule has 0 spiro atoms. The number of nitrogens with zero attached hydrogens (tertiary/aromatic N) is 3. The van der Waals surface area contributed by atoms with Crippen LogP contribution in [0.5, 0.6) is 0 Å². The van der Waals surface area contributed by atoms with Gasteiger partial charge in [-0.15, -0.1) is 11.8 Å². The summed E-state index contributed by atoms with van der Waals surface area (Å²) in [6, 6.07) is 20.1. The highest BCUT2D eigenvalue weighted by Crippen LogP contribution is 2.36. The number of hydrogen-bond acceptors (Lipinski definition) is 5. The van der Waals surface area contributed by atoms with Crippen LogP contribution in [0.25, 0.3) is 28.2 Å². The van der Waals surface area contributed by atoms with Crippen molar-refractivity contribution in [2.75, 3.05) is 12.0 Å². The summed E-state index contributed by atoms with van der Waals surface area (Å²) in [5.74, 6) is 1.55. The maximum Gasteiger partial charge on any atom is 0.175 e. The molecule has 0 N–H and O–H groups in total. The first kappa shape index (κ1) is 25.1. The fourth-order valence-electron chi connectivity index (χ4n) is 4.00. The second kappa shape index (κ2) is 9.38. The van der Waals surface area contributed by atoms with Crippen LogP contribution in [0.4, 0.5) is 0 Å². The Morgan fingerprint density at radius 2 is 1.69 bits per heavy atom. The first-order valence-corrected chi connectivity index (χ1v) is 14.8. The van der Waals surface area contributed by atoms with Gasteiger partial charge in [-0.3, -0.25) is 9.56 Å². The highest BCUT2D eigenvalue weighted by atomic mass is 35.5. The minimum absolute atomic E-state index is 0.145. The van der Waals surface area contributed by atoms with Gasteiger partial charge in [0, 0.05) is 23.8 Å². The van der Waals surface area contributed by atoms with Gasteiger partial charge in [-0.05, 0) is 61.4 Å². The van der Waals surface area contributed by atoms with Gasteiger partial charge in [0.05, 0.1) is 26.2 Å². The predicted molar refractivity (Wildman–Crippen MR) is 151 cm³/mol. The van der Waals surface area contributed by atoms with Gasteiger partial charge < -0.3 is 0 Å². The van der Waals surface area contributed by atoms with Gasteiger partial charge in [-0.25, -0.2) is 13.4 Å². The van der Waals surface area contributed by atoms with E-state index in [4.69, 9.17) is 33.2 Å². The molecule has 0 amide bonds. The predicted octanol–water partition coefficient (Wildman–Crippen LogP) is 7.19. The SMILES string of the molecule is CC1(C)CSC(c2cn(-c3ccc(-c4cccc(S(C)(=O)=O)c4)cc3Cl)c(-c3ccccc3Cl)n2)=N1. The van der Waals surface area contributed by atoms with Gasteiger partial charge in [-0.1, -0.05) is 53.5 Å². The second-order valence-electron chi connectivity index (χ2n) is 9.28. The standard InChI is InChI=1S/C27H23Cl2N3O2S2/c1-27(2)16-35-26(31-27)23-15-32(25(30-23)20-9-4-5-10-21(20)28)24-12-11-18(14-22(24)29)17-7-6-8-19(13-17)36(3,33)34/h4-15H,16H2,1-3H3. The summed E-state index contributed by atoms with van der Waals surface area (Å²) in [7, 11) is -3.32. The van der Waals surface area contributed by atoms with Gasteiger partial charge in [0.25, 0.3) is 0 Å². The van der Waals surface area contributed by atoms with Crippen LogP contribution < -0.4 is 0 Å². The third kappa shape index (κ3) is 4.98. The van der Waals surface area contributed by atoms with Crippen molar-refractivity contribution in [1.82, 2.24) is 9.55 Å². The molecule has 4 aromatic rings. The van der Waals surface area contributed by atoms with Crippen LogP contribution in [0.1, 0.15) is 19.5 Å². The van der Waals surface area contributed by atoms with Crippen molar-refractivity contribution < 1.29 is 8.42 Å². The molecule has 184 valence electrons. The molecule has 0 fully saturated rings. The van der Waals surface area contributed by atoms with Crippen LogP contribution in [-0.4, -0.2) is 40.6 Å². The highest BCUT2D eigenvalue weighted by molar-refractivity contribution is 8.14. The van der Waals surface area contributed by atoms with Crippen LogP contribution in [0, 0.1) is 0 Å². The van der Waals surface area contributed by atoms with Crippen molar-refractivity contribution in [2.24, 2.45) is 4.99 Å². The number of aliphatic imine (C=N–C) groups is 1. The Labute approximate surface area is 225 Å². The Balaban J connectivity index is 1.63. The monoisotopic (exact) mass is 555 g/mol. The highest BCUT2D eigenvalue weighted by Gasteiger charge is 2.28. The van der Waals surface area contributed by atoms with Gasteiger partial charge >= 0.3 is 0 Å². The summed E-state index contributed by atoms with van der Waals surface area (Å²) in [6.45, 7) is 4.21. The van der Waals surface area contributed by atoms with Crippen LogP contribution >= 0.6 is 35.0 Å². The number of sulfone groups is 1. The lowest BCUT2D eigenvalue weighted by atomic mass is 10.1. The third-order valence-electron chi connectivity index (χ3n) is 5.81. The topological polar surface area (TPSA) is 64.3 Å². The average Bonchev–Trinajstić information content (AvgIpc) is 3.42. The van der Waals surface area contributed by atoms with Crippen molar-refractivity contribution in [3.63, 3.8) is 0 Å². The fraction of sp³-hybridized carbons (Fsp3) is 0.185. The molecule has 0 saturated carbocycles. The Kier molecular flexibility index (Phi) is 6.53. The summed E-state index contributed by atoms with van der Waals surface area (Å²) in [4.78, 5) is 10.0. The molecule has 1 aromatic heterocycles. The van der Waals surface area contributed by atoms with Gasteiger partial charge in [0.15, 0.2) is 9.84 Å². The number of aromatic nitrogens is 2. The summed E-state index contributed by atoms with van der Waals surface area (Å²) < 4.78 is 26.0. The molecule has 9 heteroatoms.